The molecule has 1 amide bonds. The van der Waals surface area contributed by atoms with Gasteiger partial charge in [-0.3, -0.25) is 9.69 Å². The minimum atomic E-state index is -0.158. The third-order valence-corrected chi connectivity index (χ3v) is 4.58. The summed E-state index contributed by atoms with van der Waals surface area (Å²) in [5, 5.41) is 2.38. The molecular formula is C18H22N2O2. The van der Waals surface area contributed by atoms with E-state index in [1.54, 1.807) is 7.11 Å². The molecule has 0 aliphatic carbocycles. The largest absolute Gasteiger partial charge is 0.496 e. The summed E-state index contributed by atoms with van der Waals surface area (Å²) < 4.78 is 5.45. The van der Waals surface area contributed by atoms with Gasteiger partial charge in [0.05, 0.1) is 7.11 Å². The van der Waals surface area contributed by atoms with Crippen LogP contribution in [0, 0.1) is 5.92 Å². The Bertz CT molecular complexity index is 676. The number of piperidine rings is 1. The number of hydrogen-bond donors (Lipinski definition) is 1. The molecule has 1 aliphatic heterocycles. The number of amides is 1. The fourth-order valence-corrected chi connectivity index (χ4v) is 3.27. The quantitative estimate of drug-likeness (QED) is 0.943. The zero-order valence-electron chi connectivity index (χ0n) is 12.9. The summed E-state index contributed by atoms with van der Waals surface area (Å²) >= 11 is 0. The highest BCUT2D eigenvalue weighted by molar-refractivity contribution is 5.91. The number of ether oxygens (including phenoxy) is 1. The predicted octanol–water partition coefficient (Wildman–Crippen LogP) is 2.55. The Labute approximate surface area is 130 Å². The van der Waals surface area contributed by atoms with Crippen LogP contribution in [0.1, 0.15) is 18.4 Å². The first kappa shape index (κ1) is 14.9. The molecule has 0 atom stereocenters. The van der Waals surface area contributed by atoms with Crippen molar-refractivity contribution in [3.05, 3.63) is 42.0 Å². The number of carbonyl (C=O) groups excluding carboxylic acids is 1. The van der Waals surface area contributed by atoms with Crippen LogP contribution in [0.2, 0.25) is 0 Å². The van der Waals surface area contributed by atoms with Crippen molar-refractivity contribution in [2.45, 2.75) is 19.4 Å². The van der Waals surface area contributed by atoms with Gasteiger partial charge in [-0.05, 0) is 42.9 Å². The van der Waals surface area contributed by atoms with E-state index < -0.39 is 0 Å². The Balaban J connectivity index is 1.79. The van der Waals surface area contributed by atoms with Gasteiger partial charge in [-0.1, -0.05) is 30.3 Å². The van der Waals surface area contributed by atoms with Gasteiger partial charge < -0.3 is 10.5 Å². The van der Waals surface area contributed by atoms with E-state index in [4.69, 9.17) is 10.5 Å². The second kappa shape index (κ2) is 6.36. The van der Waals surface area contributed by atoms with Gasteiger partial charge in [0.2, 0.25) is 5.91 Å². The van der Waals surface area contributed by atoms with Crippen LogP contribution in [0.4, 0.5) is 0 Å². The van der Waals surface area contributed by atoms with Crippen molar-refractivity contribution in [3.8, 4) is 5.75 Å². The molecule has 1 heterocycles. The van der Waals surface area contributed by atoms with Crippen molar-refractivity contribution in [1.29, 1.82) is 0 Å². The molecule has 4 heteroatoms. The fraction of sp³-hybridized carbons (Fsp3) is 0.389. The molecule has 0 unspecified atom stereocenters. The molecule has 116 valence electrons. The molecule has 1 aliphatic rings. The van der Waals surface area contributed by atoms with Crippen molar-refractivity contribution in [1.82, 2.24) is 4.90 Å². The second-order valence-corrected chi connectivity index (χ2v) is 5.93. The van der Waals surface area contributed by atoms with Crippen molar-refractivity contribution >= 4 is 16.7 Å². The van der Waals surface area contributed by atoms with Gasteiger partial charge in [-0.15, -0.1) is 0 Å². The Morgan fingerprint density at radius 3 is 2.50 bits per heavy atom. The maximum absolute atomic E-state index is 11.3. The van der Waals surface area contributed by atoms with Gasteiger partial charge in [0.1, 0.15) is 5.75 Å². The average Bonchev–Trinajstić information content (AvgIpc) is 2.55. The van der Waals surface area contributed by atoms with Crippen LogP contribution in [0.5, 0.6) is 5.75 Å². The molecule has 4 nitrogen and oxygen atoms in total. The number of fused-ring (bicyclic) bond motifs is 1. The first-order valence-corrected chi connectivity index (χ1v) is 7.75. The van der Waals surface area contributed by atoms with E-state index in [9.17, 15) is 4.79 Å². The summed E-state index contributed by atoms with van der Waals surface area (Å²) in [5.74, 6) is 0.796. The maximum Gasteiger partial charge on any atom is 0.220 e. The molecular weight excluding hydrogens is 276 g/mol. The Morgan fingerprint density at radius 2 is 1.86 bits per heavy atom. The van der Waals surface area contributed by atoms with Crippen molar-refractivity contribution in [2.75, 3.05) is 20.2 Å². The van der Waals surface area contributed by atoms with Gasteiger partial charge in [0, 0.05) is 17.8 Å². The average molecular weight is 298 g/mol. The van der Waals surface area contributed by atoms with Crippen LogP contribution < -0.4 is 10.5 Å². The van der Waals surface area contributed by atoms with Gasteiger partial charge >= 0.3 is 0 Å². The van der Waals surface area contributed by atoms with Gasteiger partial charge in [-0.2, -0.15) is 0 Å². The number of hydrogen-bond acceptors (Lipinski definition) is 3. The first-order chi connectivity index (χ1) is 10.7. The predicted molar refractivity (Wildman–Crippen MR) is 87.7 cm³/mol. The van der Waals surface area contributed by atoms with Crippen molar-refractivity contribution in [2.24, 2.45) is 11.7 Å². The monoisotopic (exact) mass is 298 g/mol. The van der Waals surface area contributed by atoms with Gasteiger partial charge in [-0.25, -0.2) is 0 Å². The maximum atomic E-state index is 11.3. The minimum Gasteiger partial charge on any atom is -0.496 e. The molecule has 0 spiro atoms. The highest BCUT2D eigenvalue weighted by Gasteiger charge is 2.23. The highest BCUT2D eigenvalue weighted by Crippen LogP contribution is 2.29. The Kier molecular flexibility index (Phi) is 4.29. The number of nitrogens with zero attached hydrogens (tertiary/aromatic N) is 1. The first-order valence-electron chi connectivity index (χ1n) is 7.75. The van der Waals surface area contributed by atoms with E-state index in [0.29, 0.717) is 0 Å². The molecule has 0 bridgehead atoms. The molecule has 2 aromatic rings. The molecule has 0 aromatic heterocycles. The topological polar surface area (TPSA) is 55.6 Å². The summed E-state index contributed by atoms with van der Waals surface area (Å²) in [7, 11) is 1.70. The van der Waals surface area contributed by atoms with Crippen LogP contribution in [0.3, 0.4) is 0 Å². The summed E-state index contributed by atoms with van der Waals surface area (Å²) in [6, 6.07) is 12.5. The number of nitrogens with two attached hydrogens (primary N) is 1. The Morgan fingerprint density at radius 1 is 1.18 bits per heavy atom. The number of methoxy groups -OCH3 is 1. The van der Waals surface area contributed by atoms with E-state index in [-0.39, 0.29) is 11.8 Å². The van der Waals surface area contributed by atoms with E-state index in [2.05, 4.69) is 29.2 Å². The van der Waals surface area contributed by atoms with Crippen LogP contribution in [-0.2, 0) is 11.3 Å². The molecule has 2 N–H and O–H groups in total. The molecule has 22 heavy (non-hydrogen) atoms. The van der Waals surface area contributed by atoms with Crippen LogP contribution in [0.15, 0.2) is 36.4 Å². The highest BCUT2D eigenvalue weighted by atomic mass is 16.5. The molecule has 3 rings (SSSR count). The molecule has 1 fully saturated rings. The normalized spacial score (nSPS) is 16.8. The third-order valence-electron chi connectivity index (χ3n) is 4.58. The zero-order valence-corrected chi connectivity index (χ0v) is 12.9. The molecule has 0 saturated carbocycles. The number of benzene rings is 2. The van der Waals surface area contributed by atoms with E-state index in [1.165, 1.54) is 10.9 Å². The second-order valence-electron chi connectivity index (χ2n) is 5.93. The van der Waals surface area contributed by atoms with Gasteiger partial charge in [0.15, 0.2) is 0 Å². The van der Waals surface area contributed by atoms with E-state index in [1.807, 2.05) is 12.1 Å². The Hall–Kier alpha value is -2.07. The minimum absolute atomic E-state index is 0.0452. The number of likely N-dealkylation sites (tertiary alicyclic amines) is 1. The summed E-state index contributed by atoms with van der Waals surface area (Å²) in [4.78, 5) is 13.7. The zero-order chi connectivity index (χ0) is 15.5. The lowest BCUT2D eigenvalue weighted by Crippen LogP contribution is -2.38. The molecule has 2 aromatic carbocycles. The van der Waals surface area contributed by atoms with E-state index in [0.717, 1.165) is 43.6 Å². The standard InChI is InChI=1S/C18H22N2O2/c1-22-17-7-6-14(15-4-2-3-5-16(15)17)12-20-10-8-13(9-11-20)18(19)21/h2-7,13H,8-12H2,1H3,(H2,19,21). The van der Waals surface area contributed by atoms with Gasteiger partial charge in [0.25, 0.3) is 0 Å². The van der Waals surface area contributed by atoms with Crippen LogP contribution >= 0.6 is 0 Å². The summed E-state index contributed by atoms with van der Waals surface area (Å²) in [5.41, 5.74) is 6.70. The fourth-order valence-electron chi connectivity index (χ4n) is 3.27. The van der Waals surface area contributed by atoms with Crippen LogP contribution in [0.25, 0.3) is 10.8 Å². The SMILES string of the molecule is COc1ccc(CN2CCC(C(N)=O)CC2)c2ccccc12. The number of primary amides is 1. The lowest BCUT2D eigenvalue weighted by molar-refractivity contribution is -0.123. The summed E-state index contributed by atoms with van der Waals surface area (Å²) in [6.07, 6.45) is 1.73. The number of carbonyl (C=O) groups is 1. The lowest BCUT2D eigenvalue weighted by atomic mass is 9.95. The molecule has 1 saturated heterocycles. The van der Waals surface area contributed by atoms with Crippen molar-refractivity contribution in [3.63, 3.8) is 0 Å². The molecule has 0 radical (unpaired) electrons. The third kappa shape index (κ3) is 2.92. The summed E-state index contributed by atoms with van der Waals surface area (Å²) in [6.45, 7) is 2.75. The lowest BCUT2D eigenvalue weighted by Gasteiger charge is -2.30. The number of rotatable bonds is 4. The smallest absolute Gasteiger partial charge is 0.220 e. The van der Waals surface area contributed by atoms with Crippen molar-refractivity contribution < 1.29 is 9.53 Å². The van der Waals surface area contributed by atoms with Crippen LogP contribution in [-0.4, -0.2) is 31.0 Å². The van der Waals surface area contributed by atoms with E-state index >= 15 is 0 Å².